The Morgan fingerprint density at radius 2 is 2.33 bits per heavy atom. The SMILES string of the molecule is C.CC(O)C1=CC=CC1. The molecule has 0 amide bonds. The average molecular weight is 126 g/mol. The van der Waals surface area contributed by atoms with Crippen LogP contribution in [-0.4, -0.2) is 11.2 Å². The van der Waals surface area contributed by atoms with E-state index in [2.05, 4.69) is 0 Å². The Balaban J connectivity index is 0.000000640. The lowest BCUT2D eigenvalue weighted by molar-refractivity contribution is 0.229. The van der Waals surface area contributed by atoms with E-state index >= 15 is 0 Å². The molecular weight excluding hydrogens is 112 g/mol. The average Bonchev–Trinajstić information content (AvgIpc) is 2.12. The van der Waals surface area contributed by atoms with Crippen molar-refractivity contribution >= 4 is 0 Å². The monoisotopic (exact) mass is 126 g/mol. The fraction of sp³-hybridized carbons (Fsp3) is 0.500. The van der Waals surface area contributed by atoms with Crippen molar-refractivity contribution in [1.82, 2.24) is 0 Å². The van der Waals surface area contributed by atoms with Gasteiger partial charge in [-0.1, -0.05) is 25.7 Å². The number of allylic oxidation sites excluding steroid dienone is 3. The van der Waals surface area contributed by atoms with Crippen LogP contribution in [0.1, 0.15) is 20.8 Å². The van der Waals surface area contributed by atoms with E-state index in [-0.39, 0.29) is 13.5 Å². The molecule has 1 nitrogen and oxygen atoms in total. The van der Waals surface area contributed by atoms with Crippen molar-refractivity contribution in [1.29, 1.82) is 0 Å². The zero-order valence-corrected chi connectivity index (χ0v) is 4.96. The van der Waals surface area contributed by atoms with Gasteiger partial charge in [-0.25, -0.2) is 0 Å². The topological polar surface area (TPSA) is 20.2 Å². The van der Waals surface area contributed by atoms with E-state index in [4.69, 9.17) is 5.11 Å². The normalized spacial score (nSPS) is 18.7. The molecule has 1 N–H and O–H groups in total. The molecule has 0 aromatic rings. The lowest BCUT2D eigenvalue weighted by Crippen LogP contribution is -2.01. The number of hydrogen-bond acceptors (Lipinski definition) is 1. The third-order valence-corrected chi connectivity index (χ3v) is 1.34. The van der Waals surface area contributed by atoms with Gasteiger partial charge in [0.1, 0.15) is 0 Å². The van der Waals surface area contributed by atoms with Gasteiger partial charge >= 0.3 is 0 Å². The predicted octanol–water partition coefficient (Wildman–Crippen LogP) is 1.89. The van der Waals surface area contributed by atoms with E-state index in [0.717, 1.165) is 12.0 Å². The van der Waals surface area contributed by atoms with E-state index < -0.39 is 0 Å². The maximum Gasteiger partial charge on any atom is 0.0728 e. The second-order valence-electron chi connectivity index (χ2n) is 2.05. The van der Waals surface area contributed by atoms with Gasteiger partial charge in [0.25, 0.3) is 0 Å². The summed E-state index contributed by atoms with van der Waals surface area (Å²) in [5, 5.41) is 8.94. The molecule has 1 heteroatoms. The molecule has 9 heavy (non-hydrogen) atoms. The summed E-state index contributed by atoms with van der Waals surface area (Å²) in [4.78, 5) is 0. The van der Waals surface area contributed by atoms with Gasteiger partial charge in [0, 0.05) is 0 Å². The summed E-state index contributed by atoms with van der Waals surface area (Å²) in [6.07, 6.45) is 6.65. The van der Waals surface area contributed by atoms with Crippen LogP contribution in [0.15, 0.2) is 23.8 Å². The molecule has 1 aliphatic rings. The second kappa shape index (κ2) is 3.46. The van der Waals surface area contributed by atoms with Crippen molar-refractivity contribution in [3.63, 3.8) is 0 Å². The third kappa shape index (κ3) is 2.02. The zero-order valence-electron chi connectivity index (χ0n) is 4.96. The van der Waals surface area contributed by atoms with E-state index in [9.17, 15) is 0 Å². The highest BCUT2D eigenvalue weighted by Gasteiger charge is 2.03. The molecule has 1 rings (SSSR count). The van der Waals surface area contributed by atoms with Gasteiger partial charge in [-0.2, -0.15) is 0 Å². The first-order chi connectivity index (χ1) is 3.80. The van der Waals surface area contributed by atoms with Crippen LogP contribution in [0.4, 0.5) is 0 Å². The Hall–Kier alpha value is -0.560. The van der Waals surface area contributed by atoms with Gasteiger partial charge in [-0.05, 0) is 18.9 Å². The summed E-state index contributed by atoms with van der Waals surface area (Å²) < 4.78 is 0. The van der Waals surface area contributed by atoms with Gasteiger partial charge in [0.2, 0.25) is 0 Å². The molecule has 0 aromatic carbocycles. The molecule has 52 valence electrons. The van der Waals surface area contributed by atoms with Crippen molar-refractivity contribution in [3.05, 3.63) is 23.8 Å². The molecule has 0 bridgehead atoms. The van der Waals surface area contributed by atoms with E-state index in [1.807, 2.05) is 18.2 Å². The lowest BCUT2D eigenvalue weighted by Gasteiger charge is -2.01. The minimum absolute atomic E-state index is 0. The molecule has 0 radical (unpaired) electrons. The first-order valence-corrected chi connectivity index (χ1v) is 2.84. The summed E-state index contributed by atoms with van der Waals surface area (Å²) in [7, 11) is 0. The van der Waals surface area contributed by atoms with Crippen LogP contribution >= 0.6 is 0 Å². The highest BCUT2D eigenvalue weighted by Crippen LogP contribution is 2.13. The van der Waals surface area contributed by atoms with E-state index in [0.29, 0.717) is 0 Å². The van der Waals surface area contributed by atoms with Crippen molar-refractivity contribution in [2.75, 3.05) is 0 Å². The molecular formula is C8H14O. The smallest absolute Gasteiger partial charge is 0.0728 e. The van der Waals surface area contributed by atoms with E-state index in [1.165, 1.54) is 0 Å². The molecule has 0 fully saturated rings. The van der Waals surface area contributed by atoms with Crippen LogP contribution in [0.3, 0.4) is 0 Å². The van der Waals surface area contributed by atoms with Gasteiger partial charge in [0.15, 0.2) is 0 Å². The Morgan fingerprint density at radius 3 is 2.56 bits per heavy atom. The molecule has 0 aromatic heterocycles. The van der Waals surface area contributed by atoms with Gasteiger partial charge in [-0.3, -0.25) is 0 Å². The Morgan fingerprint density at radius 1 is 1.67 bits per heavy atom. The number of aliphatic hydroxyl groups is 1. The highest BCUT2D eigenvalue weighted by atomic mass is 16.3. The summed E-state index contributed by atoms with van der Waals surface area (Å²) in [6.45, 7) is 1.79. The molecule has 0 saturated heterocycles. The first-order valence-electron chi connectivity index (χ1n) is 2.84. The van der Waals surface area contributed by atoms with Crippen LogP contribution in [0.5, 0.6) is 0 Å². The Labute approximate surface area is 56.7 Å². The fourth-order valence-corrected chi connectivity index (χ4v) is 0.774. The number of aliphatic hydroxyl groups excluding tert-OH is 1. The van der Waals surface area contributed by atoms with Crippen LogP contribution in [0, 0.1) is 0 Å². The molecule has 1 aliphatic carbocycles. The first kappa shape index (κ1) is 8.44. The predicted molar refractivity (Wildman–Crippen MR) is 40.3 cm³/mol. The molecule has 0 spiro atoms. The quantitative estimate of drug-likeness (QED) is 0.569. The van der Waals surface area contributed by atoms with Gasteiger partial charge in [0.05, 0.1) is 6.10 Å². The van der Waals surface area contributed by atoms with Crippen molar-refractivity contribution in [2.24, 2.45) is 0 Å². The second-order valence-corrected chi connectivity index (χ2v) is 2.05. The largest absolute Gasteiger partial charge is 0.389 e. The lowest BCUT2D eigenvalue weighted by atomic mass is 10.1. The summed E-state index contributed by atoms with van der Waals surface area (Å²) in [5.41, 5.74) is 1.12. The van der Waals surface area contributed by atoms with Crippen LogP contribution in [0.25, 0.3) is 0 Å². The summed E-state index contributed by atoms with van der Waals surface area (Å²) >= 11 is 0. The van der Waals surface area contributed by atoms with Crippen LogP contribution in [0.2, 0.25) is 0 Å². The zero-order chi connectivity index (χ0) is 5.98. The minimum Gasteiger partial charge on any atom is -0.389 e. The Kier molecular flexibility index (Phi) is 3.25. The maximum absolute atomic E-state index is 8.94. The fourth-order valence-electron chi connectivity index (χ4n) is 0.774. The molecule has 1 atom stereocenters. The van der Waals surface area contributed by atoms with Gasteiger partial charge < -0.3 is 5.11 Å². The molecule has 1 unspecified atom stereocenters. The molecule has 0 heterocycles. The summed E-state index contributed by atoms with van der Waals surface area (Å²) in [6, 6.07) is 0. The molecule has 0 saturated carbocycles. The third-order valence-electron chi connectivity index (χ3n) is 1.34. The number of rotatable bonds is 1. The number of hydrogen-bond donors (Lipinski definition) is 1. The van der Waals surface area contributed by atoms with Gasteiger partial charge in [-0.15, -0.1) is 0 Å². The van der Waals surface area contributed by atoms with Crippen molar-refractivity contribution < 1.29 is 5.11 Å². The Bertz CT molecular complexity index is 132. The summed E-state index contributed by atoms with van der Waals surface area (Å²) in [5.74, 6) is 0. The maximum atomic E-state index is 8.94. The van der Waals surface area contributed by atoms with Crippen molar-refractivity contribution in [3.8, 4) is 0 Å². The van der Waals surface area contributed by atoms with Crippen molar-refractivity contribution in [2.45, 2.75) is 26.9 Å². The minimum atomic E-state index is -0.259. The standard InChI is InChI=1S/C7H10O.CH4/c1-6(8)7-4-2-3-5-7;/h2-4,6,8H,5H2,1H3;1H4. The molecule has 0 aliphatic heterocycles. The van der Waals surface area contributed by atoms with Crippen LogP contribution < -0.4 is 0 Å². The van der Waals surface area contributed by atoms with Crippen LogP contribution in [-0.2, 0) is 0 Å². The highest BCUT2D eigenvalue weighted by molar-refractivity contribution is 5.25. The van der Waals surface area contributed by atoms with E-state index in [1.54, 1.807) is 6.92 Å².